The van der Waals surface area contributed by atoms with Crippen LogP contribution >= 0.6 is 0 Å². The van der Waals surface area contributed by atoms with Gasteiger partial charge in [0.25, 0.3) is 11.5 Å². The highest BCUT2D eigenvalue weighted by Gasteiger charge is 2.50. The van der Waals surface area contributed by atoms with E-state index in [0.29, 0.717) is 54.8 Å². The van der Waals surface area contributed by atoms with Gasteiger partial charge in [-0.05, 0) is 24.3 Å². The van der Waals surface area contributed by atoms with E-state index in [1.807, 2.05) is 53.6 Å². The number of terminal acetylenes is 2. The lowest BCUT2D eigenvalue weighted by molar-refractivity contribution is 0.0175. The summed E-state index contributed by atoms with van der Waals surface area (Å²) in [6.07, 6.45) is 14.8. The zero-order valence-corrected chi connectivity index (χ0v) is 22.0. The highest BCUT2D eigenvalue weighted by molar-refractivity contribution is 6.02. The van der Waals surface area contributed by atoms with Crippen LogP contribution in [0.3, 0.4) is 0 Å². The Hall–Kier alpha value is -4.93. The predicted octanol–water partition coefficient (Wildman–Crippen LogP) is 2.08. The molecule has 1 N–H and O–H groups in total. The maximum absolute atomic E-state index is 13.5. The number of carbonyl (C=O) groups excluding carboxylic acids is 1. The Balaban J connectivity index is 1.18. The first-order chi connectivity index (χ1) is 19.5. The number of hydrogen-bond donors (Lipinski definition) is 1. The van der Waals surface area contributed by atoms with Crippen LogP contribution in [-0.4, -0.2) is 72.5 Å². The second-order valence-corrected chi connectivity index (χ2v) is 10.1. The number of nitrogens with one attached hydrogen (secondary N) is 1. The topological polar surface area (TPSA) is 103 Å². The number of para-hydroxylation sites is 2. The van der Waals surface area contributed by atoms with Crippen LogP contribution < -0.4 is 10.5 Å². The average Bonchev–Trinajstić information content (AvgIpc) is 3.41. The van der Waals surface area contributed by atoms with Gasteiger partial charge in [-0.3, -0.25) is 14.5 Å². The van der Waals surface area contributed by atoms with Crippen molar-refractivity contribution in [3.8, 4) is 24.7 Å². The van der Waals surface area contributed by atoms with Crippen LogP contribution in [0, 0.1) is 24.7 Å². The maximum atomic E-state index is 13.5. The molecule has 1 amide bonds. The second kappa shape index (κ2) is 10.3. The van der Waals surface area contributed by atoms with Gasteiger partial charge in [0.15, 0.2) is 0 Å². The van der Waals surface area contributed by atoms with Gasteiger partial charge in [-0.1, -0.05) is 41.3 Å². The summed E-state index contributed by atoms with van der Waals surface area (Å²) in [4.78, 5) is 39.6. The van der Waals surface area contributed by atoms with E-state index in [0.717, 1.165) is 24.5 Å². The number of amides is 1. The van der Waals surface area contributed by atoms with Crippen molar-refractivity contribution in [2.24, 2.45) is 0 Å². The number of nitrogens with zero attached hydrogens (tertiary/aromatic N) is 7. The molecule has 1 spiro atoms. The molecule has 200 valence electrons. The van der Waals surface area contributed by atoms with Gasteiger partial charge in [-0.25, -0.2) is 9.67 Å². The summed E-state index contributed by atoms with van der Waals surface area (Å²) in [5, 5.41) is 9.15. The van der Waals surface area contributed by atoms with Gasteiger partial charge < -0.3 is 14.8 Å². The second-order valence-electron chi connectivity index (χ2n) is 10.1. The molecule has 0 saturated carbocycles. The van der Waals surface area contributed by atoms with Crippen molar-refractivity contribution >= 4 is 22.5 Å². The summed E-state index contributed by atoms with van der Waals surface area (Å²) >= 11 is 0. The molecular formula is C30H28N8O2. The normalized spacial score (nSPS) is 16.6. The highest BCUT2D eigenvalue weighted by atomic mass is 16.2. The standard InChI is InChI=1S/C30H28N8O2/c1-3-15-37-26-12-8-6-10-24(26)29(40)38(16-4-2)30(37)13-17-35(18-14-30)19-22-20-36(34-33-22)21-27-31-25-11-7-5-9-23(25)28(39)32-27/h1-2,5-12,20H,13-19,21H2,(H,31,32,39). The molecule has 0 bridgehead atoms. The number of benzene rings is 2. The van der Waals surface area contributed by atoms with E-state index in [4.69, 9.17) is 12.8 Å². The van der Waals surface area contributed by atoms with Gasteiger partial charge in [-0.15, -0.1) is 17.9 Å². The van der Waals surface area contributed by atoms with Crippen molar-refractivity contribution in [3.05, 3.63) is 82.2 Å². The van der Waals surface area contributed by atoms with Crippen molar-refractivity contribution in [2.75, 3.05) is 31.1 Å². The van der Waals surface area contributed by atoms with Gasteiger partial charge >= 0.3 is 0 Å². The van der Waals surface area contributed by atoms with Crippen molar-refractivity contribution in [1.82, 2.24) is 34.8 Å². The van der Waals surface area contributed by atoms with Crippen LogP contribution in [0.4, 0.5) is 5.69 Å². The summed E-state index contributed by atoms with van der Waals surface area (Å²) in [5.41, 5.74) is 2.17. The molecule has 2 aromatic carbocycles. The van der Waals surface area contributed by atoms with Gasteiger partial charge in [0.05, 0.1) is 47.1 Å². The smallest absolute Gasteiger partial charge is 0.258 e. The molecule has 10 nitrogen and oxygen atoms in total. The van der Waals surface area contributed by atoms with Crippen molar-refractivity contribution in [2.45, 2.75) is 31.6 Å². The van der Waals surface area contributed by atoms with Crippen molar-refractivity contribution in [1.29, 1.82) is 0 Å². The number of hydrogen-bond acceptors (Lipinski definition) is 7. The van der Waals surface area contributed by atoms with Gasteiger partial charge in [0.2, 0.25) is 0 Å². The van der Waals surface area contributed by atoms with E-state index < -0.39 is 5.66 Å². The first kappa shape index (κ1) is 25.4. The molecule has 1 fully saturated rings. The van der Waals surface area contributed by atoms with Crippen LogP contribution in [0.15, 0.2) is 59.5 Å². The Labute approximate surface area is 231 Å². The fraction of sp³-hybridized carbons (Fsp3) is 0.300. The average molecular weight is 533 g/mol. The first-order valence-corrected chi connectivity index (χ1v) is 13.2. The Morgan fingerprint density at radius 2 is 1.65 bits per heavy atom. The van der Waals surface area contributed by atoms with E-state index in [1.165, 1.54) is 0 Å². The summed E-state index contributed by atoms with van der Waals surface area (Å²) < 4.78 is 1.67. The number of likely N-dealkylation sites (tertiary alicyclic amines) is 1. The molecule has 2 aromatic heterocycles. The first-order valence-electron chi connectivity index (χ1n) is 13.2. The zero-order chi connectivity index (χ0) is 27.7. The number of fused-ring (bicyclic) bond motifs is 2. The third-order valence-electron chi connectivity index (χ3n) is 7.78. The minimum Gasteiger partial charge on any atom is -0.336 e. The molecule has 1 saturated heterocycles. The van der Waals surface area contributed by atoms with Crippen LogP contribution in [0.5, 0.6) is 0 Å². The van der Waals surface area contributed by atoms with Gasteiger partial charge in [0, 0.05) is 32.5 Å². The van der Waals surface area contributed by atoms with E-state index in [9.17, 15) is 9.59 Å². The minimum absolute atomic E-state index is 0.0569. The Morgan fingerprint density at radius 3 is 2.45 bits per heavy atom. The summed E-state index contributed by atoms with van der Waals surface area (Å²) in [5.74, 6) is 5.93. The lowest BCUT2D eigenvalue weighted by atomic mass is 9.87. The summed E-state index contributed by atoms with van der Waals surface area (Å²) in [7, 11) is 0. The van der Waals surface area contributed by atoms with Gasteiger partial charge in [-0.2, -0.15) is 0 Å². The molecule has 6 rings (SSSR count). The number of aromatic nitrogens is 5. The van der Waals surface area contributed by atoms with E-state index in [2.05, 4.69) is 41.9 Å². The molecule has 2 aliphatic rings. The molecular weight excluding hydrogens is 504 g/mol. The zero-order valence-electron chi connectivity index (χ0n) is 22.0. The van der Waals surface area contributed by atoms with Gasteiger partial charge in [0.1, 0.15) is 18.0 Å². The number of rotatable bonds is 6. The Kier molecular flexibility index (Phi) is 6.54. The highest BCUT2D eigenvalue weighted by Crippen LogP contribution is 2.42. The Bertz CT molecular complexity index is 1720. The number of piperidine rings is 1. The Morgan fingerprint density at radius 1 is 0.925 bits per heavy atom. The van der Waals surface area contributed by atoms with Crippen molar-refractivity contribution in [3.63, 3.8) is 0 Å². The molecule has 4 heterocycles. The van der Waals surface area contributed by atoms with Crippen LogP contribution in [0.2, 0.25) is 0 Å². The summed E-state index contributed by atoms with van der Waals surface area (Å²) in [6, 6.07) is 14.8. The monoisotopic (exact) mass is 532 g/mol. The largest absolute Gasteiger partial charge is 0.336 e. The molecule has 40 heavy (non-hydrogen) atoms. The van der Waals surface area contributed by atoms with Crippen LogP contribution in [0.1, 0.15) is 34.7 Å². The number of carbonyl (C=O) groups is 1. The fourth-order valence-electron chi connectivity index (χ4n) is 5.92. The molecule has 2 aliphatic heterocycles. The fourth-order valence-corrected chi connectivity index (χ4v) is 5.92. The molecule has 0 atom stereocenters. The third-order valence-corrected chi connectivity index (χ3v) is 7.78. The lowest BCUT2D eigenvalue weighted by Gasteiger charge is -2.57. The predicted molar refractivity (Wildman–Crippen MR) is 151 cm³/mol. The third kappa shape index (κ3) is 4.39. The molecule has 0 radical (unpaired) electrons. The van der Waals surface area contributed by atoms with E-state index in [-0.39, 0.29) is 18.0 Å². The van der Waals surface area contributed by atoms with Crippen LogP contribution in [0.25, 0.3) is 10.9 Å². The molecule has 4 aromatic rings. The quantitative estimate of drug-likeness (QED) is 0.379. The van der Waals surface area contributed by atoms with Crippen molar-refractivity contribution < 1.29 is 4.79 Å². The SMILES string of the molecule is C#CCN1C(=O)c2ccccc2N(CC#C)C12CCN(Cc1cn(Cc3nc4ccccc4c(=O)[nH]3)nn1)CC2. The summed E-state index contributed by atoms with van der Waals surface area (Å²) in [6.45, 7) is 2.96. The molecule has 10 heteroatoms. The number of anilines is 1. The van der Waals surface area contributed by atoms with Crippen LogP contribution in [-0.2, 0) is 13.1 Å². The minimum atomic E-state index is -0.591. The number of aromatic amines is 1. The number of H-pyrrole nitrogens is 1. The maximum Gasteiger partial charge on any atom is 0.258 e. The molecule has 0 unspecified atom stereocenters. The van der Waals surface area contributed by atoms with E-state index in [1.54, 1.807) is 10.7 Å². The lowest BCUT2D eigenvalue weighted by Crippen LogP contribution is -2.69. The van der Waals surface area contributed by atoms with E-state index >= 15 is 0 Å². The molecule has 0 aliphatic carbocycles.